The predicted octanol–water partition coefficient (Wildman–Crippen LogP) is 2.22. The van der Waals surface area contributed by atoms with Crippen LogP contribution in [0.3, 0.4) is 0 Å². The van der Waals surface area contributed by atoms with E-state index in [0.717, 1.165) is 49.5 Å². The Balaban J connectivity index is 1.31. The predicted molar refractivity (Wildman–Crippen MR) is 97.2 cm³/mol. The second-order valence-corrected chi connectivity index (χ2v) is 6.53. The van der Waals surface area contributed by atoms with Gasteiger partial charge >= 0.3 is 0 Å². The molecular formula is C20H22N4O. The van der Waals surface area contributed by atoms with Gasteiger partial charge < -0.3 is 4.90 Å². The SMILES string of the molecule is O=C(Cc1ccccc1)N1CCN(Cc2cc3ccccn3n2)CC1. The molecule has 3 aromatic rings. The monoisotopic (exact) mass is 334 g/mol. The molecule has 0 radical (unpaired) electrons. The second kappa shape index (κ2) is 7.07. The first kappa shape index (κ1) is 15.8. The molecule has 0 unspecified atom stereocenters. The van der Waals surface area contributed by atoms with Crippen LogP contribution in [0.1, 0.15) is 11.3 Å². The van der Waals surface area contributed by atoms with Crippen LogP contribution in [-0.2, 0) is 17.8 Å². The molecule has 5 nitrogen and oxygen atoms in total. The molecule has 5 heteroatoms. The van der Waals surface area contributed by atoms with Gasteiger partial charge in [-0.2, -0.15) is 5.10 Å². The lowest BCUT2D eigenvalue weighted by molar-refractivity contribution is -0.132. The van der Waals surface area contributed by atoms with E-state index in [1.807, 2.05) is 58.1 Å². The van der Waals surface area contributed by atoms with E-state index >= 15 is 0 Å². The van der Waals surface area contributed by atoms with E-state index in [9.17, 15) is 4.79 Å². The van der Waals surface area contributed by atoms with E-state index in [4.69, 9.17) is 0 Å². The van der Waals surface area contributed by atoms with Crippen molar-refractivity contribution in [3.05, 3.63) is 72.1 Å². The number of pyridine rings is 1. The van der Waals surface area contributed by atoms with E-state index in [0.29, 0.717) is 6.42 Å². The standard InChI is InChI=1S/C20H22N4O/c25-20(14-17-6-2-1-3-7-17)23-12-10-22(11-13-23)16-18-15-19-8-4-5-9-24(19)21-18/h1-9,15H,10-14,16H2. The molecule has 0 saturated carbocycles. The molecule has 1 aliphatic heterocycles. The smallest absolute Gasteiger partial charge is 0.227 e. The molecule has 25 heavy (non-hydrogen) atoms. The van der Waals surface area contributed by atoms with Gasteiger partial charge in [-0.15, -0.1) is 0 Å². The third-order valence-electron chi connectivity index (χ3n) is 4.73. The largest absolute Gasteiger partial charge is 0.340 e. The summed E-state index contributed by atoms with van der Waals surface area (Å²) in [5.41, 5.74) is 3.28. The van der Waals surface area contributed by atoms with Crippen molar-refractivity contribution in [1.82, 2.24) is 19.4 Å². The molecule has 1 aliphatic rings. The highest BCUT2D eigenvalue weighted by molar-refractivity contribution is 5.78. The van der Waals surface area contributed by atoms with Gasteiger partial charge in [-0.3, -0.25) is 9.69 Å². The Hall–Kier alpha value is -2.66. The quantitative estimate of drug-likeness (QED) is 0.735. The molecule has 0 spiro atoms. The van der Waals surface area contributed by atoms with Gasteiger partial charge in [0, 0.05) is 38.9 Å². The number of hydrogen-bond acceptors (Lipinski definition) is 3. The summed E-state index contributed by atoms with van der Waals surface area (Å²) in [4.78, 5) is 16.8. The van der Waals surface area contributed by atoms with Gasteiger partial charge in [0.15, 0.2) is 0 Å². The zero-order valence-electron chi connectivity index (χ0n) is 14.2. The van der Waals surface area contributed by atoms with Crippen LogP contribution in [0.5, 0.6) is 0 Å². The maximum absolute atomic E-state index is 12.4. The Morgan fingerprint density at radius 2 is 1.72 bits per heavy atom. The molecule has 1 amide bonds. The minimum atomic E-state index is 0.221. The van der Waals surface area contributed by atoms with E-state index in [1.54, 1.807) is 0 Å². The van der Waals surface area contributed by atoms with Gasteiger partial charge in [0.05, 0.1) is 17.6 Å². The Kier molecular flexibility index (Phi) is 4.48. The lowest BCUT2D eigenvalue weighted by Crippen LogP contribution is -2.48. The zero-order chi connectivity index (χ0) is 17.1. The summed E-state index contributed by atoms with van der Waals surface area (Å²) in [6.45, 7) is 4.21. The number of piperazine rings is 1. The average Bonchev–Trinajstić information content (AvgIpc) is 3.05. The van der Waals surface area contributed by atoms with Crippen LogP contribution >= 0.6 is 0 Å². The van der Waals surface area contributed by atoms with Crippen LogP contribution in [0.25, 0.3) is 5.52 Å². The third kappa shape index (κ3) is 3.72. The van der Waals surface area contributed by atoms with E-state index in [2.05, 4.69) is 22.1 Å². The first-order valence-corrected chi connectivity index (χ1v) is 8.75. The van der Waals surface area contributed by atoms with Crippen molar-refractivity contribution in [3.8, 4) is 0 Å². The molecule has 0 aliphatic carbocycles. The summed E-state index contributed by atoms with van der Waals surface area (Å²) in [6, 6.07) is 18.2. The summed E-state index contributed by atoms with van der Waals surface area (Å²) in [7, 11) is 0. The number of benzene rings is 1. The number of fused-ring (bicyclic) bond motifs is 1. The summed E-state index contributed by atoms with van der Waals surface area (Å²) >= 11 is 0. The Labute approximate surface area is 147 Å². The van der Waals surface area contributed by atoms with Crippen molar-refractivity contribution in [2.24, 2.45) is 0 Å². The van der Waals surface area contributed by atoms with E-state index < -0.39 is 0 Å². The molecule has 1 saturated heterocycles. The lowest BCUT2D eigenvalue weighted by Gasteiger charge is -2.34. The van der Waals surface area contributed by atoms with Crippen LogP contribution in [0.2, 0.25) is 0 Å². The summed E-state index contributed by atoms with van der Waals surface area (Å²) < 4.78 is 1.91. The minimum Gasteiger partial charge on any atom is -0.340 e. The van der Waals surface area contributed by atoms with Gasteiger partial charge in [0.2, 0.25) is 5.91 Å². The number of carbonyl (C=O) groups is 1. The van der Waals surface area contributed by atoms with Crippen molar-refractivity contribution in [3.63, 3.8) is 0 Å². The number of amides is 1. The fourth-order valence-corrected chi connectivity index (χ4v) is 3.34. The molecule has 0 N–H and O–H groups in total. The molecule has 2 aromatic heterocycles. The van der Waals surface area contributed by atoms with Crippen molar-refractivity contribution < 1.29 is 4.79 Å². The number of rotatable bonds is 4. The molecule has 1 fully saturated rings. The second-order valence-electron chi connectivity index (χ2n) is 6.53. The van der Waals surface area contributed by atoms with Crippen LogP contribution in [0.4, 0.5) is 0 Å². The number of nitrogens with zero attached hydrogens (tertiary/aromatic N) is 4. The normalized spacial score (nSPS) is 15.6. The van der Waals surface area contributed by atoms with Gasteiger partial charge in [-0.25, -0.2) is 4.52 Å². The minimum absolute atomic E-state index is 0.221. The summed E-state index contributed by atoms with van der Waals surface area (Å²) in [6.07, 6.45) is 2.46. The van der Waals surface area contributed by atoms with Crippen LogP contribution in [-0.4, -0.2) is 51.5 Å². The van der Waals surface area contributed by atoms with Crippen LogP contribution < -0.4 is 0 Å². The highest BCUT2D eigenvalue weighted by Gasteiger charge is 2.21. The lowest BCUT2D eigenvalue weighted by atomic mass is 10.1. The maximum atomic E-state index is 12.4. The molecule has 1 aromatic carbocycles. The number of aromatic nitrogens is 2. The van der Waals surface area contributed by atoms with Crippen molar-refractivity contribution in [1.29, 1.82) is 0 Å². The summed E-state index contributed by atoms with van der Waals surface area (Å²) in [5.74, 6) is 0.221. The highest BCUT2D eigenvalue weighted by atomic mass is 16.2. The topological polar surface area (TPSA) is 40.9 Å². The molecule has 0 atom stereocenters. The van der Waals surface area contributed by atoms with Gasteiger partial charge in [0.25, 0.3) is 0 Å². The highest BCUT2D eigenvalue weighted by Crippen LogP contribution is 2.12. The van der Waals surface area contributed by atoms with Crippen molar-refractivity contribution in [2.75, 3.05) is 26.2 Å². The Morgan fingerprint density at radius 1 is 0.960 bits per heavy atom. The molecule has 3 heterocycles. The third-order valence-corrected chi connectivity index (χ3v) is 4.73. The fourth-order valence-electron chi connectivity index (χ4n) is 3.34. The number of hydrogen-bond donors (Lipinski definition) is 0. The van der Waals surface area contributed by atoms with Crippen molar-refractivity contribution >= 4 is 11.4 Å². The van der Waals surface area contributed by atoms with Crippen LogP contribution in [0, 0.1) is 0 Å². The summed E-state index contributed by atoms with van der Waals surface area (Å²) in [5, 5.41) is 4.61. The first-order valence-electron chi connectivity index (χ1n) is 8.75. The molecule has 4 rings (SSSR count). The van der Waals surface area contributed by atoms with Crippen LogP contribution in [0.15, 0.2) is 60.8 Å². The first-order chi connectivity index (χ1) is 12.3. The van der Waals surface area contributed by atoms with E-state index in [-0.39, 0.29) is 5.91 Å². The van der Waals surface area contributed by atoms with Crippen molar-refractivity contribution in [2.45, 2.75) is 13.0 Å². The maximum Gasteiger partial charge on any atom is 0.227 e. The molecule has 128 valence electrons. The van der Waals surface area contributed by atoms with Gasteiger partial charge in [-0.05, 0) is 23.8 Å². The molecule has 0 bridgehead atoms. The average molecular weight is 334 g/mol. The van der Waals surface area contributed by atoms with E-state index in [1.165, 1.54) is 0 Å². The Bertz CT molecular complexity index is 817. The fraction of sp³-hybridized carbons (Fsp3) is 0.300. The number of carbonyl (C=O) groups excluding carboxylic acids is 1. The Morgan fingerprint density at radius 3 is 2.48 bits per heavy atom. The van der Waals surface area contributed by atoms with Gasteiger partial charge in [-0.1, -0.05) is 36.4 Å². The molecular weight excluding hydrogens is 312 g/mol. The van der Waals surface area contributed by atoms with Gasteiger partial charge in [0.1, 0.15) is 0 Å². The zero-order valence-corrected chi connectivity index (χ0v) is 14.2.